The number of halogens is 1. The summed E-state index contributed by atoms with van der Waals surface area (Å²) in [6.45, 7) is 2.13. The average molecular weight is 347 g/mol. The lowest BCUT2D eigenvalue weighted by molar-refractivity contribution is -0.616. The van der Waals surface area contributed by atoms with Crippen LogP contribution in [0.1, 0.15) is 34.8 Å². The molecule has 3 heterocycles. The van der Waals surface area contributed by atoms with E-state index in [1.165, 1.54) is 6.20 Å². The molecule has 0 aromatic carbocycles. The summed E-state index contributed by atoms with van der Waals surface area (Å²) in [7, 11) is 0. The van der Waals surface area contributed by atoms with Crippen molar-refractivity contribution in [2.75, 3.05) is 19.8 Å². The number of piperidine rings is 1. The van der Waals surface area contributed by atoms with E-state index in [0.29, 0.717) is 17.3 Å². The molecule has 6 nitrogen and oxygen atoms in total. The van der Waals surface area contributed by atoms with Crippen LogP contribution in [0.2, 0.25) is 5.02 Å². The molecule has 0 radical (unpaired) electrons. The zero-order chi connectivity index (χ0) is 16.9. The lowest BCUT2D eigenvalue weighted by Gasteiger charge is -2.31. The number of amides is 1. The summed E-state index contributed by atoms with van der Waals surface area (Å²) in [4.78, 5) is 18.2. The van der Waals surface area contributed by atoms with E-state index in [1.807, 2.05) is 12.1 Å². The molecule has 126 valence electrons. The van der Waals surface area contributed by atoms with Gasteiger partial charge in [-0.2, -0.15) is 4.73 Å². The molecule has 0 unspecified atom stereocenters. The number of carbonyl (C=O) groups is 1. The van der Waals surface area contributed by atoms with Gasteiger partial charge in [0.05, 0.1) is 17.3 Å². The van der Waals surface area contributed by atoms with E-state index < -0.39 is 0 Å². The molecule has 0 bridgehead atoms. The number of aromatic nitrogens is 2. The van der Waals surface area contributed by atoms with Gasteiger partial charge in [-0.15, -0.1) is 0 Å². The maximum absolute atomic E-state index is 12.1. The van der Waals surface area contributed by atoms with Gasteiger partial charge in [0.2, 0.25) is 0 Å². The van der Waals surface area contributed by atoms with Gasteiger partial charge in [0, 0.05) is 43.5 Å². The Morgan fingerprint density at radius 2 is 2.17 bits per heavy atom. The maximum atomic E-state index is 12.1. The molecule has 0 spiro atoms. The van der Waals surface area contributed by atoms with Crippen LogP contribution < -0.4 is 10.0 Å². The highest BCUT2D eigenvalue weighted by molar-refractivity contribution is 6.33. The second kappa shape index (κ2) is 7.59. The van der Waals surface area contributed by atoms with Crippen LogP contribution in [0.5, 0.6) is 0 Å². The highest BCUT2D eigenvalue weighted by Gasteiger charge is 2.25. The van der Waals surface area contributed by atoms with Gasteiger partial charge in [-0.25, -0.2) is 0 Å². The molecule has 0 aliphatic carbocycles. The molecule has 0 saturated carbocycles. The molecule has 0 atom stereocenters. The Balaban J connectivity index is 1.50. The lowest BCUT2D eigenvalue weighted by atomic mass is 9.93. The predicted octanol–water partition coefficient (Wildman–Crippen LogP) is 1.94. The van der Waals surface area contributed by atoms with Gasteiger partial charge >= 0.3 is 0 Å². The standard InChI is InChI=1S/C17H19ClN4O2/c18-15-4-7-19-11-14(15)17(23)20-12-21-9-5-13(6-10-21)16-3-1-2-8-22(16)24/h1-4,7-8,11,13H,5-6,9-10,12H2,(H,20,23). The quantitative estimate of drug-likeness (QED) is 0.678. The van der Waals surface area contributed by atoms with Crippen molar-refractivity contribution in [3.05, 3.63) is 64.3 Å². The number of nitrogens with one attached hydrogen (secondary N) is 1. The van der Waals surface area contributed by atoms with Crippen molar-refractivity contribution in [2.45, 2.75) is 18.8 Å². The third-order valence-corrected chi connectivity index (χ3v) is 4.67. The normalized spacial score (nSPS) is 16.0. The minimum absolute atomic E-state index is 0.226. The molecule has 1 saturated heterocycles. The van der Waals surface area contributed by atoms with Crippen LogP contribution in [-0.2, 0) is 0 Å². The van der Waals surface area contributed by atoms with E-state index >= 15 is 0 Å². The number of nitrogens with zero attached hydrogens (tertiary/aromatic N) is 3. The second-order valence-corrected chi connectivity index (χ2v) is 6.27. The molecule has 1 aliphatic heterocycles. The first-order valence-electron chi connectivity index (χ1n) is 7.93. The van der Waals surface area contributed by atoms with Crippen LogP contribution in [-0.4, -0.2) is 35.5 Å². The average Bonchev–Trinajstić information content (AvgIpc) is 2.61. The predicted molar refractivity (Wildman–Crippen MR) is 90.5 cm³/mol. The fraction of sp³-hybridized carbons (Fsp3) is 0.353. The van der Waals surface area contributed by atoms with Gasteiger partial charge < -0.3 is 10.5 Å². The van der Waals surface area contributed by atoms with Crippen LogP contribution in [0.15, 0.2) is 42.9 Å². The Morgan fingerprint density at radius 3 is 2.88 bits per heavy atom. The number of rotatable bonds is 4. The highest BCUT2D eigenvalue weighted by Crippen LogP contribution is 2.25. The first-order chi connectivity index (χ1) is 11.6. The third-order valence-electron chi connectivity index (χ3n) is 4.34. The molecule has 1 amide bonds. The molecule has 2 aromatic rings. The first kappa shape index (κ1) is 16.7. The van der Waals surface area contributed by atoms with Gasteiger partial charge in [-0.3, -0.25) is 14.7 Å². The molecular formula is C17H19ClN4O2. The number of likely N-dealkylation sites (tertiary alicyclic amines) is 1. The van der Waals surface area contributed by atoms with Crippen molar-refractivity contribution in [3.8, 4) is 0 Å². The van der Waals surface area contributed by atoms with Crippen molar-refractivity contribution in [3.63, 3.8) is 0 Å². The van der Waals surface area contributed by atoms with Gasteiger partial charge in [-0.05, 0) is 18.9 Å². The van der Waals surface area contributed by atoms with Gasteiger partial charge in [0.25, 0.3) is 5.91 Å². The van der Waals surface area contributed by atoms with E-state index in [-0.39, 0.29) is 11.8 Å². The molecule has 1 fully saturated rings. The highest BCUT2D eigenvalue weighted by atomic mass is 35.5. The number of hydrogen-bond acceptors (Lipinski definition) is 4. The molecule has 2 aromatic heterocycles. The van der Waals surface area contributed by atoms with Gasteiger partial charge in [0.1, 0.15) is 0 Å². The van der Waals surface area contributed by atoms with Crippen LogP contribution >= 0.6 is 11.6 Å². The molecule has 7 heteroatoms. The number of carbonyl (C=O) groups excluding carboxylic acids is 1. The Morgan fingerprint density at radius 1 is 1.38 bits per heavy atom. The SMILES string of the molecule is O=C(NCN1CCC(c2cccc[n+]2[O-])CC1)c1cnccc1Cl. The largest absolute Gasteiger partial charge is 0.618 e. The summed E-state index contributed by atoms with van der Waals surface area (Å²) in [5.41, 5.74) is 1.20. The summed E-state index contributed by atoms with van der Waals surface area (Å²) in [5.74, 6) is 0.0408. The number of pyridine rings is 2. The van der Waals surface area contributed by atoms with Crippen molar-refractivity contribution >= 4 is 17.5 Å². The monoisotopic (exact) mass is 346 g/mol. The maximum Gasteiger partial charge on any atom is 0.255 e. The molecule has 24 heavy (non-hydrogen) atoms. The smallest absolute Gasteiger partial charge is 0.255 e. The summed E-state index contributed by atoms with van der Waals surface area (Å²) >= 11 is 6.00. The van der Waals surface area contributed by atoms with Crippen LogP contribution in [0.3, 0.4) is 0 Å². The first-order valence-corrected chi connectivity index (χ1v) is 8.31. The Labute approximate surface area is 145 Å². The lowest BCUT2D eigenvalue weighted by Crippen LogP contribution is -2.43. The van der Waals surface area contributed by atoms with E-state index in [2.05, 4.69) is 15.2 Å². The van der Waals surface area contributed by atoms with Crippen LogP contribution in [0.4, 0.5) is 0 Å². The van der Waals surface area contributed by atoms with Crippen LogP contribution in [0, 0.1) is 5.21 Å². The summed E-state index contributed by atoms with van der Waals surface area (Å²) in [6, 6.07) is 7.12. The van der Waals surface area contributed by atoms with Gasteiger partial charge in [-0.1, -0.05) is 17.7 Å². The van der Waals surface area contributed by atoms with E-state index in [9.17, 15) is 10.0 Å². The Kier molecular flexibility index (Phi) is 5.27. The van der Waals surface area contributed by atoms with Crippen molar-refractivity contribution in [1.29, 1.82) is 0 Å². The summed E-state index contributed by atoms with van der Waals surface area (Å²) in [5, 5.41) is 15.1. The minimum Gasteiger partial charge on any atom is -0.618 e. The summed E-state index contributed by atoms with van der Waals surface area (Å²) < 4.78 is 0.951. The summed E-state index contributed by atoms with van der Waals surface area (Å²) in [6.07, 6.45) is 6.35. The van der Waals surface area contributed by atoms with Crippen LogP contribution in [0.25, 0.3) is 0 Å². The van der Waals surface area contributed by atoms with E-state index in [1.54, 1.807) is 24.5 Å². The number of hydrogen-bond donors (Lipinski definition) is 1. The zero-order valence-corrected chi connectivity index (χ0v) is 13.9. The fourth-order valence-electron chi connectivity index (χ4n) is 2.97. The zero-order valence-electron chi connectivity index (χ0n) is 13.2. The molecular weight excluding hydrogens is 328 g/mol. The molecule has 1 N–H and O–H groups in total. The van der Waals surface area contributed by atoms with E-state index in [0.717, 1.165) is 36.4 Å². The fourth-order valence-corrected chi connectivity index (χ4v) is 3.16. The Hall–Kier alpha value is -2.18. The van der Waals surface area contributed by atoms with Crippen molar-refractivity contribution in [1.82, 2.24) is 15.2 Å². The molecule has 1 aliphatic rings. The topological polar surface area (TPSA) is 72.2 Å². The third kappa shape index (κ3) is 3.83. The molecule has 3 rings (SSSR count). The Bertz CT molecular complexity index is 717. The second-order valence-electron chi connectivity index (χ2n) is 5.86. The van der Waals surface area contributed by atoms with E-state index in [4.69, 9.17) is 11.6 Å². The van der Waals surface area contributed by atoms with Crippen molar-refractivity contribution in [2.24, 2.45) is 0 Å². The minimum atomic E-state index is -0.226. The van der Waals surface area contributed by atoms with Gasteiger partial charge in [0.15, 0.2) is 11.9 Å². The van der Waals surface area contributed by atoms with Crippen molar-refractivity contribution < 1.29 is 9.52 Å².